The number of benzene rings is 1. The standard InChI is InChI=1S/C6H4Cl3NO3S/c7-3-1-5(9)6(2-4(3)8)13-14(10,11)12/h1-2H,(H2,10,11,12). The fraction of sp³-hybridized carbons (Fsp3) is 0. The van der Waals surface area contributed by atoms with Gasteiger partial charge in [-0.1, -0.05) is 34.8 Å². The van der Waals surface area contributed by atoms with E-state index in [1.54, 1.807) is 0 Å². The zero-order valence-corrected chi connectivity index (χ0v) is 9.58. The van der Waals surface area contributed by atoms with Gasteiger partial charge in [-0.2, -0.15) is 13.6 Å². The average Bonchev–Trinajstić information content (AvgIpc) is 1.97. The molecule has 0 atom stereocenters. The molecular weight excluding hydrogens is 272 g/mol. The lowest BCUT2D eigenvalue weighted by molar-refractivity contribution is 0.488. The molecule has 0 bridgehead atoms. The fourth-order valence-corrected chi connectivity index (χ4v) is 1.70. The Kier molecular flexibility index (Phi) is 3.49. The van der Waals surface area contributed by atoms with Crippen molar-refractivity contribution in [2.75, 3.05) is 0 Å². The maximum Gasteiger partial charge on any atom is 0.380 e. The topological polar surface area (TPSA) is 69.4 Å². The van der Waals surface area contributed by atoms with Crippen molar-refractivity contribution in [3.8, 4) is 5.75 Å². The quantitative estimate of drug-likeness (QED) is 0.842. The van der Waals surface area contributed by atoms with Crippen LogP contribution in [0, 0.1) is 0 Å². The minimum Gasteiger partial charge on any atom is -0.369 e. The summed E-state index contributed by atoms with van der Waals surface area (Å²) in [7, 11) is -4.12. The Labute approximate surface area is 95.8 Å². The molecule has 0 saturated heterocycles. The van der Waals surface area contributed by atoms with Gasteiger partial charge in [0, 0.05) is 6.07 Å². The Balaban J connectivity index is 3.17. The molecule has 78 valence electrons. The van der Waals surface area contributed by atoms with Crippen molar-refractivity contribution in [2.24, 2.45) is 5.14 Å². The van der Waals surface area contributed by atoms with Crippen LogP contribution in [0.5, 0.6) is 5.75 Å². The van der Waals surface area contributed by atoms with Crippen molar-refractivity contribution < 1.29 is 12.6 Å². The van der Waals surface area contributed by atoms with Crippen LogP contribution in [-0.4, -0.2) is 8.42 Å². The number of rotatable bonds is 2. The maximum absolute atomic E-state index is 10.6. The third kappa shape index (κ3) is 3.18. The first-order valence-electron chi connectivity index (χ1n) is 3.16. The molecule has 1 aromatic carbocycles. The summed E-state index contributed by atoms with van der Waals surface area (Å²) in [5.41, 5.74) is 0. The summed E-state index contributed by atoms with van der Waals surface area (Å²) in [6.45, 7) is 0. The van der Waals surface area contributed by atoms with E-state index in [-0.39, 0.29) is 20.8 Å². The molecule has 0 heterocycles. The Morgan fingerprint density at radius 2 is 1.57 bits per heavy atom. The molecule has 0 saturated carbocycles. The summed E-state index contributed by atoms with van der Waals surface area (Å²) < 4.78 is 25.5. The van der Waals surface area contributed by atoms with Crippen LogP contribution >= 0.6 is 34.8 Å². The van der Waals surface area contributed by atoms with E-state index in [4.69, 9.17) is 34.8 Å². The first-order chi connectivity index (χ1) is 6.29. The molecule has 1 rings (SSSR count). The van der Waals surface area contributed by atoms with Gasteiger partial charge in [0.05, 0.1) is 15.1 Å². The van der Waals surface area contributed by atoms with E-state index in [9.17, 15) is 8.42 Å². The highest BCUT2D eigenvalue weighted by atomic mass is 35.5. The molecular formula is C6H4Cl3NO3S. The highest BCUT2D eigenvalue weighted by Gasteiger charge is 2.12. The van der Waals surface area contributed by atoms with Crippen LogP contribution in [0.2, 0.25) is 15.1 Å². The predicted octanol–water partition coefficient (Wildman–Crippen LogP) is 2.23. The monoisotopic (exact) mass is 275 g/mol. The van der Waals surface area contributed by atoms with Crippen LogP contribution < -0.4 is 9.32 Å². The normalized spacial score (nSPS) is 11.4. The first-order valence-corrected chi connectivity index (χ1v) is 5.77. The van der Waals surface area contributed by atoms with Crippen molar-refractivity contribution in [3.05, 3.63) is 27.2 Å². The van der Waals surface area contributed by atoms with Gasteiger partial charge in [-0.05, 0) is 6.07 Å². The van der Waals surface area contributed by atoms with Crippen LogP contribution in [0.25, 0.3) is 0 Å². The minimum atomic E-state index is -4.12. The van der Waals surface area contributed by atoms with Crippen molar-refractivity contribution >= 4 is 45.1 Å². The highest BCUT2D eigenvalue weighted by molar-refractivity contribution is 7.84. The van der Waals surface area contributed by atoms with E-state index >= 15 is 0 Å². The first kappa shape index (κ1) is 11.9. The van der Waals surface area contributed by atoms with Gasteiger partial charge >= 0.3 is 10.3 Å². The molecule has 14 heavy (non-hydrogen) atoms. The molecule has 0 radical (unpaired) electrons. The second kappa shape index (κ2) is 4.12. The largest absolute Gasteiger partial charge is 0.380 e. The van der Waals surface area contributed by atoms with E-state index in [1.165, 1.54) is 6.07 Å². The van der Waals surface area contributed by atoms with Crippen LogP contribution in [-0.2, 0) is 10.3 Å². The fourth-order valence-electron chi connectivity index (χ4n) is 0.693. The maximum atomic E-state index is 10.6. The Morgan fingerprint density at radius 1 is 1.07 bits per heavy atom. The number of hydrogen-bond acceptors (Lipinski definition) is 3. The van der Waals surface area contributed by atoms with Crippen molar-refractivity contribution in [1.82, 2.24) is 0 Å². The lowest BCUT2D eigenvalue weighted by Gasteiger charge is -2.05. The Bertz CT molecular complexity index is 460. The second-order valence-corrected chi connectivity index (χ2v) is 4.65. The average molecular weight is 277 g/mol. The van der Waals surface area contributed by atoms with Gasteiger partial charge in [0.1, 0.15) is 0 Å². The molecule has 2 N–H and O–H groups in total. The van der Waals surface area contributed by atoms with Crippen LogP contribution in [0.4, 0.5) is 0 Å². The molecule has 0 aliphatic rings. The smallest absolute Gasteiger partial charge is 0.369 e. The third-order valence-electron chi connectivity index (χ3n) is 1.18. The second-order valence-electron chi connectivity index (χ2n) is 2.27. The zero-order valence-electron chi connectivity index (χ0n) is 6.50. The highest BCUT2D eigenvalue weighted by Crippen LogP contribution is 2.34. The van der Waals surface area contributed by atoms with Gasteiger partial charge in [-0.15, -0.1) is 0 Å². The van der Waals surface area contributed by atoms with E-state index in [2.05, 4.69) is 9.32 Å². The van der Waals surface area contributed by atoms with Gasteiger partial charge in [0.2, 0.25) is 0 Å². The molecule has 0 spiro atoms. The van der Waals surface area contributed by atoms with Gasteiger partial charge < -0.3 is 4.18 Å². The van der Waals surface area contributed by atoms with Crippen molar-refractivity contribution in [2.45, 2.75) is 0 Å². The van der Waals surface area contributed by atoms with E-state index in [0.29, 0.717) is 0 Å². The minimum absolute atomic E-state index is 0.00780. The molecule has 1 aromatic rings. The number of nitrogens with two attached hydrogens (primary N) is 1. The Morgan fingerprint density at radius 3 is 2.07 bits per heavy atom. The molecule has 0 aliphatic heterocycles. The summed E-state index contributed by atoms with van der Waals surface area (Å²) in [6, 6.07) is 2.42. The molecule has 8 heteroatoms. The summed E-state index contributed by atoms with van der Waals surface area (Å²) in [6.07, 6.45) is 0. The summed E-state index contributed by atoms with van der Waals surface area (Å²) in [4.78, 5) is 0. The van der Waals surface area contributed by atoms with Crippen molar-refractivity contribution in [3.63, 3.8) is 0 Å². The van der Waals surface area contributed by atoms with Gasteiger partial charge in [0.15, 0.2) is 5.75 Å². The zero-order chi connectivity index (χ0) is 10.9. The lowest BCUT2D eigenvalue weighted by Crippen LogP contribution is -2.19. The van der Waals surface area contributed by atoms with Crippen LogP contribution in [0.1, 0.15) is 0 Å². The van der Waals surface area contributed by atoms with E-state index in [0.717, 1.165) is 6.07 Å². The van der Waals surface area contributed by atoms with E-state index < -0.39 is 10.3 Å². The number of hydrogen-bond donors (Lipinski definition) is 1. The van der Waals surface area contributed by atoms with Crippen LogP contribution in [0.3, 0.4) is 0 Å². The van der Waals surface area contributed by atoms with Crippen LogP contribution in [0.15, 0.2) is 12.1 Å². The molecule has 0 amide bonds. The number of halogens is 3. The van der Waals surface area contributed by atoms with Crippen molar-refractivity contribution in [1.29, 1.82) is 0 Å². The molecule has 4 nitrogen and oxygen atoms in total. The predicted molar refractivity (Wildman–Crippen MR) is 55.2 cm³/mol. The Hall–Kier alpha value is -0.200. The lowest BCUT2D eigenvalue weighted by atomic mass is 10.3. The summed E-state index contributed by atoms with van der Waals surface area (Å²) >= 11 is 16.8. The molecule has 0 unspecified atom stereocenters. The molecule has 0 fully saturated rings. The summed E-state index contributed by atoms with van der Waals surface area (Å²) in [5.74, 6) is -0.163. The molecule has 0 aromatic heterocycles. The van der Waals surface area contributed by atoms with Gasteiger partial charge in [0.25, 0.3) is 0 Å². The van der Waals surface area contributed by atoms with Gasteiger partial charge in [-0.3, -0.25) is 0 Å². The molecule has 0 aliphatic carbocycles. The van der Waals surface area contributed by atoms with Gasteiger partial charge in [-0.25, -0.2) is 0 Å². The summed E-state index contributed by atoms with van der Waals surface area (Å²) in [5, 5.41) is 4.96. The van der Waals surface area contributed by atoms with E-state index in [1.807, 2.05) is 0 Å². The SMILES string of the molecule is NS(=O)(=O)Oc1cc(Cl)c(Cl)cc1Cl. The third-order valence-corrected chi connectivity index (χ3v) is 2.61.